The number of amides is 4. The average molecular weight is 499 g/mol. The van der Waals surface area contributed by atoms with Crippen LogP contribution in [0.15, 0.2) is 42.5 Å². The number of fused-ring (bicyclic) bond motifs is 1. The van der Waals surface area contributed by atoms with Crippen molar-refractivity contribution in [1.82, 2.24) is 16.1 Å². The first-order valence-electron chi connectivity index (χ1n) is 12.3. The highest BCUT2D eigenvalue weighted by molar-refractivity contribution is 5.94. The zero-order valence-electron chi connectivity index (χ0n) is 21.4. The number of primary amides is 1. The number of benzene rings is 2. The summed E-state index contributed by atoms with van der Waals surface area (Å²) in [5.41, 5.74) is 7.94. The van der Waals surface area contributed by atoms with Crippen LogP contribution in [0.2, 0.25) is 0 Å². The molecule has 0 heterocycles. The van der Waals surface area contributed by atoms with Crippen molar-refractivity contribution in [2.45, 2.75) is 65.5 Å². The molecule has 2 aromatic carbocycles. The van der Waals surface area contributed by atoms with E-state index in [0.717, 1.165) is 16.3 Å². The van der Waals surface area contributed by atoms with Crippen molar-refractivity contribution >= 4 is 34.4 Å². The summed E-state index contributed by atoms with van der Waals surface area (Å²) in [5.74, 6) is -2.88. The van der Waals surface area contributed by atoms with Crippen LogP contribution in [0.25, 0.3) is 10.8 Å². The molecule has 2 aromatic rings. The van der Waals surface area contributed by atoms with Gasteiger partial charge in [0.25, 0.3) is 0 Å². The molecule has 0 aliphatic carbocycles. The predicted octanol–water partition coefficient (Wildman–Crippen LogP) is 2.44. The summed E-state index contributed by atoms with van der Waals surface area (Å²) in [5, 5.41) is 16.4. The molecular weight excluding hydrogens is 460 g/mol. The molecule has 0 aromatic heterocycles. The monoisotopic (exact) mass is 498 g/mol. The third-order valence-corrected chi connectivity index (χ3v) is 5.99. The van der Waals surface area contributed by atoms with Gasteiger partial charge in [0.1, 0.15) is 12.1 Å². The molecule has 6 N–H and O–H groups in total. The van der Waals surface area contributed by atoms with Crippen LogP contribution in [0.3, 0.4) is 0 Å². The Bertz CT molecular complexity index is 1060. The highest BCUT2D eigenvalue weighted by Crippen LogP contribution is 2.21. The van der Waals surface area contributed by atoms with E-state index < -0.39 is 41.6 Å². The lowest BCUT2D eigenvalue weighted by Crippen LogP contribution is -2.55. The van der Waals surface area contributed by atoms with Crippen molar-refractivity contribution in [2.75, 3.05) is 0 Å². The van der Waals surface area contributed by atoms with Crippen molar-refractivity contribution in [1.29, 1.82) is 0 Å². The molecule has 3 atom stereocenters. The summed E-state index contributed by atoms with van der Waals surface area (Å²) in [6.07, 6.45) is 0.703. The molecule has 196 valence electrons. The zero-order chi connectivity index (χ0) is 26.8. The van der Waals surface area contributed by atoms with Crippen LogP contribution in [0.4, 0.5) is 0 Å². The smallest absolute Gasteiger partial charge is 0.244 e. The number of rotatable bonds is 13. The Morgan fingerprint density at radius 1 is 0.833 bits per heavy atom. The maximum absolute atomic E-state index is 13.4. The van der Waals surface area contributed by atoms with E-state index in [-0.39, 0.29) is 24.7 Å². The van der Waals surface area contributed by atoms with Gasteiger partial charge < -0.3 is 16.4 Å². The SMILES string of the molecule is CC(C)C[C@H](CC(=O)NO)C(=O)N[C@@H](Cc1cccc2ccccc12)C(=O)N[C@@H](CC(C)C)C(N)=O. The van der Waals surface area contributed by atoms with Gasteiger partial charge in [0.2, 0.25) is 23.6 Å². The van der Waals surface area contributed by atoms with Gasteiger partial charge in [-0.05, 0) is 41.0 Å². The molecule has 0 saturated carbocycles. The Morgan fingerprint density at radius 3 is 2.06 bits per heavy atom. The van der Waals surface area contributed by atoms with Crippen molar-refractivity contribution in [3.05, 3.63) is 48.0 Å². The van der Waals surface area contributed by atoms with Crippen LogP contribution in [-0.2, 0) is 25.6 Å². The fraction of sp³-hybridized carbons (Fsp3) is 0.481. The fourth-order valence-electron chi connectivity index (χ4n) is 4.30. The average Bonchev–Trinajstić information content (AvgIpc) is 2.82. The molecule has 4 amide bonds. The first kappa shape index (κ1) is 28.8. The standard InChI is InChI=1S/C27H38N4O5/c1-16(2)12-20(15-24(32)31-36)26(34)30-23(27(35)29-22(25(28)33)13-17(3)4)14-19-10-7-9-18-8-5-6-11-21(18)19/h5-11,16-17,20,22-23,36H,12-15H2,1-4H3,(H2,28,33)(H,29,35)(H,30,34)(H,31,32)/t20-,22+,23+/m1/s1. The predicted molar refractivity (Wildman–Crippen MR) is 138 cm³/mol. The van der Waals surface area contributed by atoms with Gasteiger partial charge in [0.05, 0.1) is 0 Å². The van der Waals surface area contributed by atoms with Gasteiger partial charge in [-0.25, -0.2) is 5.48 Å². The number of nitrogens with one attached hydrogen (secondary N) is 3. The van der Waals surface area contributed by atoms with Crippen molar-refractivity contribution in [3.8, 4) is 0 Å². The topological polar surface area (TPSA) is 151 Å². The molecule has 0 saturated heterocycles. The van der Waals surface area contributed by atoms with Gasteiger partial charge in [-0.1, -0.05) is 70.2 Å². The lowest BCUT2D eigenvalue weighted by Gasteiger charge is -2.25. The molecule has 36 heavy (non-hydrogen) atoms. The van der Waals surface area contributed by atoms with Crippen LogP contribution < -0.4 is 21.8 Å². The zero-order valence-corrected chi connectivity index (χ0v) is 21.4. The molecule has 0 unspecified atom stereocenters. The van der Waals surface area contributed by atoms with Crippen LogP contribution in [0, 0.1) is 17.8 Å². The summed E-state index contributed by atoms with van der Waals surface area (Å²) in [6.45, 7) is 7.67. The van der Waals surface area contributed by atoms with E-state index in [0.29, 0.717) is 12.8 Å². The van der Waals surface area contributed by atoms with Crippen molar-refractivity contribution in [2.24, 2.45) is 23.5 Å². The van der Waals surface area contributed by atoms with Crippen LogP contribution in [0.1, 0.15) is 52.5 Å². The van der Waals surface area contributed by atoms with E-state index in [1.807, 2.05) is 70.2 Å². The first-order chi connectivity index (χ1) is 17.0. The summed E-state index contributed by atoms with van der Waals surface area (Å²) in [7, 11) is 0. The minimum absolute atomic E-state index is 0.0999. The van der Waals surface area contributed by atoms with Crippen LogP contribution in [-0.4, -0.2) is 40.9 Å². The third-order valence-electron chi connectivity index (χ3n) is 5.99. The summed E-state index contributed by atoms with van der Waals surface area (Å²) in [6, 6.07) is 11.6. The van der Waals surface area contributed by atoms with E-state index in [9.17, 15) is 19.2 Å². The molecule has 0 aliphatic heterocycles. The maximum atomic E-state index is 13.4. The molecule has 9 nitrogen and oxygen atoms in total. The summed E-state index contributed by atoms with van der Waals surface area (Å²) >= 11 is 0. The largest absolute Gasteiger partial charge is 0.368 e. The second-order valence-corrected chi connectivity index (χ2v) is 10.1. The van der Waals surface area contributed by atoms with Gasteiger partial charge >= 0.3 is 0 Å². The third kappa shape index (κ3) is 8.64. The minimum Gasteiger partial charge on any atom is -0.368 e. The van der Waals surface area contributed by atoms with E-state index >= 15 is 0 Å². The molecule has 2 rings (SSSR count). The Labute approximate surface area is 212 Å². The molecule has 9 heteroatoms. The fourth-order valence-corrected chi connectivity index (χ4v) is 4.30. The first-order valence-corrected chi connectivity index (χ1v) is 12.3. The number of carbonyl (C=O) groups excluding carboxylic acids is 4. The Morgan fingerprint density at radius 2 is 1.44 bits per heavy atom. The Kier molecular flexibility index (Phi) is 10.9. The van der Waals surface area contributed by atoms with Gasteiger partial charge in [0.15, 0.2) is 0 Å². The lowest BCUT2D eigenvalue weighted by atomic mass is 9.92. The Balaban J connectivity index is 2.37. The highest BCUT2D eigenvalue weighted by atomic mass is 16.5. The minimum atomic E-state index is -1.01. The second kappa shape index (κ2) is 13.6. The molecule has 0 bridgehead atoms. The van der Waals surface area contributed by atoms with Gasteiger partial charge in [-0.2, -0.15) is 0 Å². The van der Waals surface area contributed by atoms with E-state index in [2.05, 4.69) is 10.6 Å². The van der Waals surface area contributed by atoms with Crippen molar-refractivity contribution in [3.63, 3.8) is 0 Å². The number of hydrogen-bond acceptors (Lipinski definition) is 5. The molecule has 0 spiro atoms. The van der Waals surface area contributed by atoms with Crippen molar-refractivity contribution < 1.29 is 24.4 Å². The number of carbonyl (C=O) groups is 4. The summed E-state index contributed by atoms with van der Waals surface area (Å²) in [4.78, 5) is 50.4. The molecule has 0 fully saturated rings. The number of hydrogen-bond donors (Lipinski definition) is 5. The van der Waals surface area contributed by atoms with E-state index in [1.54, 1.807) is 5.48 Å². The van der Waals surface area contributed by atoms with E-state index in [4.69, 9.17) is 10.9 Å². The Hall–Kier alpha value is -3.46. The molecule has 0 radical (unpaired) electrons. The second-order valence-electron chi connectivity index (χ2n) is 10.1. The van der Waals surface area contributed by atoms with Gasteiger partial charge in [-0.15, -0.1) is 0 Å². The summed E-state index contributed by atoms with van der Waals surface area (Å²) < 4.78 is 0. The number of hydroxylamine groups is 1. The van der Waals surface area contributed by atoms with Gasteiger partial charge in [-0.3, -0.25) is 24.4 Å². The highest BCUT2D eigenvalue weighted by Gasteiger charge is 2.30. The van der Waals surface area contributed by atoms with Crippen LogP contribution >= 0.6 is 0 Å². The van der Waals surface area contributed by atoms with Crippen LogP contribution in [0.5, 0.6) is 0 Å². The van der Waals surface area contributed by atoms with E-state index in [1.165, 1.54) is 0 Å². The lowest BCUT2D eigenvalue weighted by molar-refractivity contribution is -0.137. The number of nitrogens with two attached hydrogens (primary N) is 1. The molecular formula is C27H38N4O5. The van der Waals surface area contributed by atoms with Gasteiger partial charge in [0, 0.05) is 18.8 Å². The maximum Gasteiger partial charge on any atom is 0.244 e. The molecule has 0 aliphatic rings. The normalized spacial score (nSPS) is 13.8. The quantitative estimate of drug-likeness (QED) is 0.212.